The van der Waals surface area contributed by atoms with Crippen molar-refractivity contribution < 1.29 is 24.3 Å². The zero-order valence-electron chi connectivity index (χ0n) is 16.0. The molecule has 10 heteroatoms. The molecule has 2 unspecified atom stereocenters. The van der Waals surface area contributed by atoms with Crippen molar-refractivity contribution in [3.63, 3.8) is 0 Å². The van der Waals surface area contributed by atoms with Gasteiger partial charge in [-0.05, 0) is 23.6 Å². The molecule has 3 heterocycles. The van der Waals surface area contributed by atoms with Crippen LogP contribution in [0.5, 0.6) is 0 Å². The van der Waals surface area contributed by atoms with E-state index in [2.05, 4.69) is 5.32 Å². The van der Waals surface area contributed by atoms with Gasteiger partial charge in [0.15, 0.2) is 5.41 Å². The van der Waals surface area contributed by atoms with E-state index in [1.807, 2.05) is 5.38 Å². The third-order valence-electron chi connectivity index (χ3n) is 5.33. The van der Waals surface area contributed by atoms with Gasteiger partial charge in [-0.25, -0.2) is 0 Å². The second kappa shape index (κ2) is 7.77. The van der Waals surface area contributed by atoms with Crippen LogP contribution in [0.3, 0.4) is 0 Å². The maximum Gasteiger partial charge on any atom is 0.321 e. The first-order valence-electron chi connectivity index (χ1n) is 9.19. The second-order valence-electron chi connectivity index (χ2n) is 7.19. The third-order valence-corrected chi connectivity index (χ3v) is 7.52. The Morgan fingerprint density at radius 2 is 1.97 bits per heavy atom. The molecular formula is C20H19N3O5S2. The Labute approximate surface area is 180 Å². The number of carboxylic acid groups (broad SMARTS) is 1. The van der Waals surface area contributed by atoms with Crippen molar-refractivity contribution in [1.82, 2.24) is 4.90 Å². The molecular weight excluding hydrogens is 426 g/mol. The summed E-state index contributed by atoms with van der Waals surface area (Å²) in [6.07, 6.45) is 0. The number of aliphatic carboxylic acids is 1. The SMILES string of the molecule is CC(=O)N(c1ccsc1)C1C(=O)N2CC(C(=O)O)(C(=O)Nc3ccccc3)CS[C@H]12. The molecule has 0 radical (unpaired) electrons. The van der Waals surface area contributed by atoms with Crippen LogP contribution in [0.25, 0.3) is 0 Å². The monoisotopic (exact) mass is 445 g/mol. The lowest BCUT2D eigenvalue weighted by atomic mass is 9.85. The standard InChI is InChI=1S/C20H19N3O5S2/c1-12(24)23(14-7-8-29-9-14)15-16(25)22-10-20(19(27)28,11-30-17(15)22)18(26)21-13-5-3-2-4-6-13/h2-9,15,17H,10-11H2,1H3,(H,21,26)(H,27,28)/t15?,17-,20?/m1/s1. The van der Waals surface area contributed by atoms with Gasteiger partial charge >= 0.3 is 5.97 Å². The lowest BCUT2D eigenvalue weighted by molar-refractivity contribution is -0.160. The van der Waals surface area contributed by atoms with E-state index in [9.17, 15) is 24.3 Å². The number of thioether (sulfide) groups is 1. The van der Waals surface area contributed by atoms with Gasteiger partial charge in [0, 0.05) is 30.3 Å². The van der Waals surface area contributed by atoms with Crippen molar-refractivity contribution in [2.24, 2.45) is 5.41 Å². The quantitative estimate of drug-likeness (QED) is 0.539. The number of benzene rings is 1. The van der Waals surface area contributed by atoms with Crippen LogP contribution in [0.15, 0.2) is 47.2 Å². The second-order valence-corrected chi connectivity index (χ2v) is 9.08. The lowest BCUT2D eigenvalue weighted by Crippen LogP contribution is -2.75. The number of amides is 3. The average molecular weight is 446 g/mol. The average Bonchev–Trinajstić information content (AvgIpc) is 3.25. The topological polar surface area (TPSA) is 107 Å². The lowest BCUT2D eigenvalue weighted by Gasteiger charge is -2.55. The first-order chi connectivity index (χ1) is 14.3. The minimum absolute atomic E-state index is 0.00132. The Morgan fingerprint density at radius 3 is 2.57 bits per heavy atom. The van der Waals surface area contributed by atoms with Crippen LogP contribution in [-0.4, -0.2) is 57.4 Å². The van der Waals surface area contributed by atoms with Crippen LogP contribution >= 0.6 is 23.1 Å². The number of carbonyl (C=O) groups is 4. The highest BCUT2D eigenvalue weighted by Gasteiger charge is 2.62. The molecule has 2 N–H and O–H groups in total. The molecule has 3 atom stereocenters. The first kappa shape index (κ1) is 20.4. The van der Waals surface area contributed by atoms with Crippen LogP contribution in [0.2, 0.25) is 0 Å². The van der Waals surface area contributed by atoms with Crippen molar-refractivity contribution in [2.45, 2.75) is 18.3 Å². The molecule has 0 saturated carbocycles. The van der Waals surface area contributed by atoms with Gasteiger partial charge in [-0.3, -0.25) is 24.1 Å². The number of hydrogen-bond donors (Lipinski definition) is 2. The summed E-state index contributed by atoms with van der Waals surface area (Å²) in [5.41, 5.74) is -0.632. The van der Waals surface area contributed by atoms with Crippen molar-refractivity contribution in [3.05, 3.63) is 47.2 Å². The number of thiophene rings is 1. The van der Waals surface area contributed by atoms with Crippen LogP contribution in [0.1, 0.15) is 6.92 Å². The van der Waals surface area contributed by atoms with Crippen molar-refractivity contribution >= 4 is 58.2 Å². The van der Waals surface area contributed by atoms with Gasteiger partial charge in [-0.1, -0.05) is 18.2 Å². The number of carbonyl (C=O) groups excluding carboxylic acids is 3. The van der Waals surface area contributed by atoms with Gasteiger partial charge in [0.25, 0.3) is 0 Å². The predicted octanol–water partition coefficient (Wildman–Crippen LogP) is 2.09. The minimum atomic E-state index is -1.76. The van der Waals surface area contributed by atoms with Crippen LogP contribution < -0.4 is 10.2 Å². The van der Waals surface area contributed by atoms with Crippen LogP contribution in [0, 0.1) is 5.41 Å². The summed E-state index contributed by atoms with van der Waals surface area (Å²) < 4.78 is 0. The normalized spacial score (nSPS) is 25.1. The molecule has 3 amide bonds. The predicted molar refractivity (Wildman–Crippen MR) is 114 cm³/mol. The van der Waals surface area contributed by atoms with Crippen molar-refractivity contribution in [1.29, 1.82) is 0 Å². The van der Waals surface area contributed by atoms with E-state index in [1.165, 1.54) is 39.8 Å². The summed E-state index contributed by atoms with van der Waals surface area (Å²) in [5, 5.41) is 15.8. The molecule has 30 heavy (non-hydrogen) atoms. The fourth-order valence-electron chi connectivity index (χ4n) is 3.73. The fraction of sp³-hybridized carbons (Fsp3) is 0.300. The molecule has 2 aromatic rings. The Kier molecular flexibility index (Phi) is 5.29. The highest BCUT2D eigenvalue weighted by molar-refractivity contribution is 8.00. The molecule has 8 nitrogen and oxygen atoms in total. The first-order valence-corrected chi connectivity index (χ1v) is 11.2. The molecule has 0 spiro atoms. The highest BCUT2D eigenvalue weighted by Crippen LogP contribution is 2.45. The molecule has 0 aliphatic carbocycles. The van der Waals surface area contributed by atoms with E-state index >= 15 is 0 Å². The van der Waals surface area contributed by atoms with Gasteiger partial charge in [0.1, 0.15) is 11.4 Å². The van der Waals surface area contributed by atoms with Crippen molar-refractivity contribution in [3.8, 4) is 0 Å². The van der Waals surface area contributed by atoms with Gasteiger partial charge in [-0.2, -0.15) is 11.3 Å². The Morgan fingerprint density at radius 1 is 1.23 bits per heavy atom. The summed E-state index contributed by atoms with van der Waals surface area (Å²) >= 11 is 2.64. The Balaban J connectivity index is 1.56. The summed E-state index contributed by atoms with van der Waals surface area (Å²) in [7, 11) is 0. The number of hydrogen-bond acceptors (Lipinski definition) is 6. The molecule has 0 bridgehead atoms. The maximum atomic E-state index is 12.9. The molecule has 4 rings (SSSR count). The van der Waals surface area contributed by atoms with E-state index in [4.69, 9.17) is 0 Å². The van der Waals surface area contributed by atoms with E-state index in [0.29, 0.717) is 11.4 Å². The number of nitrogens with one attached hydrogen (secondary N) is 1. The van der Waals surface area contributed by atoms with Crippen LogP contribution in [0.4, 0.5) is 11.4 Å². The fourth-order valence-corrected chi connectivity index (χ4v) is 5.93. The minimum Gasteiger partial charge on any atom is -0.480 e. The third kappa shape index (κ3) is 3.25. The van der Waals surface area contributed by atoms with Gasteiger partial charge in [-0.15, -0.1) is 11.8 Å². The summed E-state index contributed by atoms with van der Waals surface area (Å²) in [4.78, 5) is 53.0. The molecule has 1 aromatic heterocycles. The number of rotatable bonds is 5. The zero-order valence-corrected chi connectivity index (χ0v) is 17.6. The smallest absolute Gasteiger partial charge is 0.321 e. The maximum absolute atomic E-state index is 12.9. The number of β-lactam (4-membered cyclic amide) rings is 1. The molecule has 2 fully saturated rings. The number of nitrogens with zero attached hydrogens (tertiary/aromatic N) is 2. The number of anilines is 2. The molecule has 2 aliphatic heterocycles. The van der Waals surface area contributed by atoms with E-state index < -0.39 is 28.7 Å². The Hall–Kier alpha value is -2.85. The van der Waals surface area contributed by atoms with Gasteiger partial charge in [0.2, 0.25) is 17.7 Å². The zero-order chi connectivity index (χ0) is 21.5. The van der Waals surface area contributed by atoms with Crippen molar-refractivity contribution in [2.75, 3.05) is 22.5 Å². The molecule has 2 saturated heterocycles. The van der Waals surface area contributed by atoms with Crippen LogP contribution in [-0.2, 0) is 19.2 Å². The molecule has 2 aliphatic rings. The van der Waals surface area contributed by atoms with E-state index in [1.54, 1.807) is 41.8 Å². The highest BCUT2D eigenvalue weighted by atomic mass is 32.2. The summed E-state index contributed by atoms with van der Waals surface area (Å²) in [6, 6.07) is 9.66. The number of fused-ring (bicyclic) bond motifs is 1. The van der Waals surface area contributed by atoms with E-state index in [-0.39, 0.29) is 24.1 Å². The Bertz CT molecular complexity index is 997. The number of carboxylic acids is 1. The summed E-state index contributed by atoms with van der Waals surface area (Å²) in [5.74, 6) is -2.55. The molecule has 1 aromatic carbocycles. The largest absolute Gasteiger partial charge is 0.480 e. The van der Waals surface area contributed by atoms with Gasteiger partial charge in [0.05, 0.1) is 5.69 Å². The molecule has 156 valence electrons. The number of para-hydroxylation sites is 1. The van der Waals surface area contributed by atoms with Gasteiger partial charge < -0.3 is 15.3 Å². The summed E-state index contributed by atoms with van der Waals surface area (Å²) in [6.45, 7) is 1.17. The van der Waals surface area contributed by atoms with E-state index in [0.717, 1.165) is 0 Å².